The van der Waals surface area contributed by atoms with Crippen LogP contribution in [0.15, 0.2) is 18.2 Å². The highest BCUT2D eigenvalue weighted by atomic mass is 35.5. The molecular formula is C14H20Cl2N4O. The lowest BCUT2D eigenvalue weighted by atomic mass is 10.1. The summed E-state index contributed by atoms with van der Waals surface area (Å²) in [5.41, 5.74) is 6.25. The Morgan fingerprint density at radius 2 is 2.05 bits per heavy atom. The Balaban J connectivity index is 1.98. The predicted molar refractivity (Wildman–Crippen MR) is 87.0 cm³/mol. The van der Waals surface area contributed by atoms with E-state index in [2.05, 4.69) is 22.2 Å². The number of carbonyl (C=O) groups is 1. The maximum atomic E-state index is 12.2. The van der Waals surface area contributed by atoms with Crippen molar-refractivity contribution in [1.82, 2.24) is 9.80 Å². The molecule has 1 unspecified atom stereocenters. The van der Waals surface area contributed by atoms with Gasteiger partial charge in [-0.25, -0.2) is 0 Å². The highest BCUT2D eigenvalue weighted by Gasteiger charge is 2.25. The van der Waals surface area contributed by atoms with E-state index in [1.54, 1.807) is 18.2 Å². The van der Waals surface area contributed by atoms with Crippen LogP contribution in [0.4, 0.5) is 5.69 Å². The van der Waals surface area contributed by atoms with Gasteiger partial charge in [-0.1, -0.05) is 29.3 Å². The zero-order valence-electron chi connectivity index (χ0n) is 12.0. The topological polar surface area (TPSA) is 61.6 Å². The lowest BCUT2D eigenvalue weighted by Gasteiger charge is -2.39. The largest absolute Gasteiger partial charge is 0.329 e. The fourth-order valence-electron chi connectivity index (χ4n) is 2.46. The monoisotopic (exact) mass is 330 g/mol. The molecule has 1 atom stereocenters. The number of nitrogens with zero attached hydrogens (tertiary/aromatic N) is 2. The Morgan fingerprint density at radius 3 is 2.67 bits per heavy atom. The van der Waals surface area contributed by atoms with Crippen LogP contribution in [0.5, 0.6) is 0 Å². The average Bonchev–Trinajstić information content (AvgIpc) is 2.45. The van der Waals surface area contributed by atoms with E-state index in [1.807, 2.05) is 0 Å². The first-order chi connectivity index (χ1) is 10.0. The number of rotatable bonds is 4. The Kier molecular flexibility index (Phi) is 5.84. The third-order valence-corrected chi connectivity index (χ3v) is 4.28. The van der Waals surface area contributed by atoms with Crippen molar-refractivity contribution < 1.29 is 4.79 Å². The lowest BCUT2D eigenvalue weighted by Crippen LogP contribution is -2.56. The number of hydrogen-bond donors (Lipinski definition) is 2. The molecule has 1 heterocycles. The number of halogens is 2. The molecule has 1 aliphatic heterocycles. The van der Waals surface area contributed by atoms with Crippen LogP contribution in [-0.2, 0) is 4.79 Å². The van der Waals surface area contributed by atoms with Gasteiger partial charge in [0.15, 0.2) is 0 Å². The molecular weight excluding hydrogens is 311 g/mol. The maximum Gasteiger partial charge on any atom is 0.238 e. The number of likely N-dealkylation sites (N-methyl/N-ethyl adjacent to an activating group) is 1. The van der Waals surface area contributed by atoms with Crippen molar-refractivity contribution in [1.29, 1.82) is 0 Å². The molecule has 0 spiro atoms. The van der Waals surface area contributed by atoms with Crippen molar-refractivity contribution in [2.75, 3.05) is 45.1 Å². The highest BCUT2D eigenvalue weighted by molar-refractivity contribution is 6.39. The first-order valence-electron chi connectivity index (χ1n) is 6.87. The van der Waals surface area contributed by atoms with Crippen LogP contribution >= 0.6 is 23.2 Å². The summed E-state index contributed by atoms with van der Waals surface area (Å²) in [6.07, 6.45) is 0. The smallest absolute Gasteiger partial charge is 0.238 e. The van der Waals surface area contributed by atoms with Crippen LogP contribution in [-0.4, -0.2) is 61.5 Å². The number of anilines is 1. The highest BCUT2D eigenvalue weighted by Crippen LogP contribution is 2.29. The van der Waals surface area contributed by atoms with Gasteiger partial charge in [-0.2, -0.15) is 0 Å². The molecule has 5 nitrogen and oxygen atoms in total. The normalized spacial score (nSPS) is 20.5. The molecule has 0 aliphatic carbocycles. The number of hydrogen-bond acceptors (Lipinski definition) is 4. The van der Waals surface area contributed by atoms with Crippen LogP contribution in [0.25, 0.3) is 0 Å². The van der Waals surface area contributed by atoms with Gasteiger partial charge in [-0.05, 0) is 19.2 Å². The van der Waals surface area contributed by atoms with E-state index in [-0.39, 0.29) is 18.5 Å². The van der Waals surface area contributed by atoms with Gasteiger partial charge in [0.05, 0.1) is 22.3 Å². The fourth-order valence-corrected chi connectivity index (χ4v) is 2.95. The zero-order chi connectivity index (χ0) is 15.4. The van der Waals surface area contributed by atoms with Crippen molar-refractivity contribution in [2.45, 2.75) is 6.04 Å². The first-order valence-corrected chi connectivity index (χ1v) is 7.63. The molecule has 1 aromatic carbocycles. The number of benzene rings is 1. The van der Waals surface area contributed by atoms with Crippen LogP contribution < -0.4 is 11.1 Å². The Morgan fingerprint density at radius 1 is 1.38 bits per heavy atom. The number of carbonyl (C=O) groups excluding carboxylic acids is 1. The molecule has 21 heavy (non-hydrogen) atoms. The molecule has 1 aromatic rings. The van der Waals surface area contributed by atoms with Gasteiger partial charge >= 0.3 is 0 Å². The van der Waals surface area contributed by atoms with E-state index in [4.69, 9.17) is 28.9 Å². The third kappa shape index (κ3) is 4.31. The van der Waals surface area contributed by atoms with Gasteiger partial charge in [0.2, 0.25) is 5.91 Å². The summed E-state index contributed by atoms with van der Waals surface area (Å²) in [4.78, 5) is 16.5. The van der Waals surface area contributed by atoms with Crippen LogP contribution in [0.1, 0.15) is 0 Å². The van der Waals surface area contributed by atoms with Gasteiger partial charge in [0.1, 0.15) is 0 Å². The van der Waals surface area contributed by atoms with E-state index in [0.717, 1.165) is 19.6 Å². The number of para-hydroxylation sites is 1. The molecule has 116 valence electrons. The molecule has 1 amide bonds. The second-order valence-corrected chi connectivity index (χ2v) is 6.08. The van der Waals surface area contributed by atoms with Gasteiger partial charge in [-0.3, -0.25) is 9.69 Å². The quantitative estimate of drug-likeness (QED) is 0.878. The minimum Gasteiger partial charge on any atom is -0.329 e. The van der Waals surface area contributed by atoms with E-state index >= 15 is 0 Å². The summed E-state index contributed by atoms with van der Waals surface area (Å²) in [5, 5.41) is 3.65. The van der Waals surface area contributed by atoms with E-state index in [1.165, 1.54) is 0 Å². The summed E-state index contributed by atoms with van der Waals surface area (Å²) in [6, 6.07) is 5.32. The Bertz CT molecular complexity index is 491. The summed E-state index contributed by atoms with van der Waals surface area (Å²) < 4.78 is 0. The Hall–Kier alpha value is -0.850. The number of nitrogens with one attached hydrogen (secondary N) is 1. The molecule has 3 N–H and O–H groups in total. The van der Waals surface area contributed by atoms with Crippen molar-refractivity contribution in [3.63, 3.8) is 0 Å². The van der Waals surface area contributed by atoms with Crippen LogP contribution in [0.3, 0.4) is 0 Å². The molecule has 1 aliphatic rings. The van der Waals surface area contributed by atoms with Crippen molar-refractivity contribution in [2.24, 2.45) is 5.73 Å². The minimum atomic E-state index is -0.131. The second kappa shape index (κ2) is 7.42. The molecule has 1 fully saturated rings. The first kappa shape index (κ1) is 16.5. The lowest BCUT2D eigenvalue weighted by molar-refractivity contribution is -0.118. The SMILES string of the molecule is CN1CCN(CC(=O)Nc2c(Cl)cccc2Cl)C(CN)C1. The molecule has 2 rings (SSSR count). The average molecular weight is 331 g/mol. The Labute approximate surface area is 135 Å². The summed E-state index contributed by atoms with van der Waals surface area (Å²) >= 11 is 12.1. The van der Waals surface area contributed by atoms with Crippen molar-refractivity contribution in [3.05, 3.63) is 28.2 Å². The fraction of sp³-hybridized carbons (Fsp3) is 0.500. The van der Waals surface area contributed by atoms with Gasteiger partial charge in [0, 0.05) is 32.2 Å². The van der Waals surface area contributed by atoms with E-state index < -0.39 is 0 Å². The van der Waals surface area contributed by atoms with Crippen molar-refractivity contribution in [3.8, 4) is 0 Å². The molecule has 0 radical (unpaired) electrons. The van der Waals surface area contributed by atoms with E-state index in [0.29, 0.717) is 22.3 Å². The molecule has 0 bridgehead atoms. The zero-order valence-corrected chi connectivity index (χ0v) is 13.5. The predicted octanol–water partition coefficient (Wildman–Crippen LogP) is 1.51. The number of amides is 1. The maximum absolute atomic E-state index is 12.2. The van der Waals surface area contributed by atoms with Crippen LogP contribution in [0.2, 0.25) is 10.0 Å². The molecule has 7 heteroatoms. The van der Waals surface area contributed by atoms with Crippen molar-refractivity contribution >= 4 is 34.8 Å². The minimum absolute atomic E-state index is 0.131. The van der Waals surface area contributed by atoms with Gasteiger partial charge in [0.25, 0.3) is 0 Å². The summed E-state index contributed by atoms with van der Waals surface area (Å²) in [5.74, 6) is -0.131. The second-order valence-electron chi connectivity index (χ2n) is 5.27. The van der Waals surface area contributed by atoms with Crippen LogP contribution in [0, 0.1) is 0 Å². The molecule has 0 aromatic heterocycles. The van der Waals surface area contributed by atoms with E-state index in [9.17, 15) is 4.79 Å². The number of nitrogens with two attached hydrogens (primary N) is 1. The van der Waals surface area contributed by atoms with Gasteiger partial charge < -0.3 is 16.0 Å². The third-order valence-electron chi connectivity index (χ3n) is 3.65. The molecule has 0 saturated carbocycles. The standard InChI is InChI=1S/C14H20Cl2N4O/c1-19-5-6-20(10(7-17)8-19)9-13(21)18-14-11(15)3-2-4-12(14)16/h2-4,10H,5-9,17H2,1H3,(H,18,21). The molecule has 1 saturated heterocycles. The van der Waals surface area contributed by atoms with Gasteiger partial charge in [-0.15, -0.1) is 0 Å². The number of piperazine rings is 1. The summed E-state index contributed by atoms with van der Waals surface area (Å²) in [6.45, 7) is 3.44. The summed E-state index contributed by atoms with van der Waals surface area (Å²) in [7, 11) is 2.06.